The summed E-state index contributed by atoms with van der Waals surface area (Å²) >= 11 is 0. The zero-order valence-electron chi connectivity index (χ0n) is 9.43. The molecule has 5 nitrogen and oxygen atoms in total. The molecule has 0 aliphatic rings. The largest absolute Gasteiger partial charge is 0.326 e. The fourth-order valence-corrected chi connectivity index (χ4v) is 2.17. The fourth-order valence-electron chi connectivity index (χ4n) is 1.17. The molecular formula is C11H14N2O3S. The van der Waals surface area contributed by atoms with Crippen molar-refractivity contribution in [3.63, 3.8) is 0 Å². The van der Waals surface area contributed by atoms with E-state index in [2.05, 4.69) is 16.6 Å². The van der Waals surface area contributed by atoms with Crippen molar-refractivity contribution in [2.24, 2.45) is 0 Å². The van der Waals surface area contributed by atoms with E-state index in [0.717, 1.165) is 0 Å². The zero-order chi connectivity index (χ0) is 12.9. The number of carbonyl (C=O) groups excluding carboxylic acids is 1. The maximum Gasteiger partial charge on any atom is 0.240 e. The fraction of sp³-hybridized carbons (Fsp3) is 0.182. The van der Waals surface area contributed by atoms with Gasteiger partial charge in [0.05, 0.1) is 4.90 Å². The summed E-state index contributed by atoms with van der Waals surface area (Å²) in [5, 5.41) is 2.56. The van der Waals surface area contributed by atoms with Gasteiger partial charge in [0, 0.05) is 19.2 Å². The molecule has 0 aliphatic heterocycles. The lowest BCUT2D eigenvalue weighted by Crippen LogP contribution is -2.23. The van der Waals surface area contributed by atoms with E-state index in [-0.39, 0.29) is 17.3 Å². The van der Waals surface area contributed by atoms with Crippen LogP contribution in [0.1, 0.15) is 6.92 Å². The van der Waals surface area contributed by atoms with Crippen LogP contribution in [-0.4, -0.2) is 20.9 Å². The van der Waals surface area contributed by atoms with Crippen LogP contribution in [-0.2, 0) is 14.8 Å². The van der Waals surface area contributed by atoms with Gasteiger partial charge in [0.15, 0.2) is 0 Å². The molecule has 2 N–H and O–H groups in total. The SMILES string of the molecule is C=CCNS(=O)(=O)c1ccc(NC(C)=O)cc1. The Labute approximate surface area is 101 Å². The highest BCUT2D eigenvalue weighted by atomic mass is 32.2. The molecule has 1 amide bonds. The Balaban J connectivity index is 2.86. The van der Waals surface area contributed by atoms with Crippen LogP contribution in [0.15, 0.2) is 41.8 Å². The van der Waals surface area contributed by atoms with Crippen LogP contribution in [0.25, 0.3) is 0 Å². The van der Waals surface area contributed by atoms with Crippen molar-refractivity contribution in [2.45, 2.75) is 11.8 Å². The molecule has 92 valence electrons. The molecule has 6 heteroatoms. The number of hydrogen-bond acceptors (Lipinski definition) is 3. The molecule has 1 rings (SSSR count). The van der Waals surface area contributed by atoms with Gasteiger partial charge in [-0.25, -0.2) is 13.1 Å². The molecule has 0 heterocycles. The molecular weight excluding hydrogens is 240 g/mol. The molecule has 0 saturated carbocycles. The lowest BCUT2D eigenvalue weighted by atomic mass is 10.3. The van der Waals surface area contributed by atoms with Gasteiger partial charge in [0.2, 0.25) is 15.9 Å². The Morgan fingerprint density at radius 3 is 2.41 bits per heavy atom. The van der Waals surface area contributed by atoms with E-state index in [0.29, 0.717) is 5.69 Å². The second-order valence-corrected chi connectivity index (χ2v) is 5.11. The first kappa shape index (κ1) is 13.4. The van der Waals surface area contributed by atoms with Gasteiger partial charge < -0.3 is 5.32 Å². The smallest absolute Gasteiger partial charge is 0.240 e. The molecule has 0 saturated heterocycles. The summed E-state index contributed by atoms with van der Waals surface area (Å²) in [6, 6.07) is 5.92. The topological polar surface area (TPSA) is 75.3 Å². The quantitative estimate of drug-likeness (QED) is 0.773. The normalized spacial score (nSPS) is 10.9. The van der Waals surface area contributed by atoms with Crippen molar-refractivity contribution in [1.82, 2.24) is 4.72 Å². The second kappa shape index (κ2) is 5.60. The Bertz CT molecular complexity index is 506. The number of sulfonamides is 1. The highest BCUT2D eigenvalue weighted by molar-refractivity contribution is 7.89. The zero-order valence-corrected chi connectivity index (χ0v) is 10.3. The van der Waals surface area contributed by atoms with Crippen molar-refractivity contribution in [3.05, 3.63) is 36.9 Å². The van der Waals surface area contributed by atoms with Crippen LogP contribution < -0.4 is 10.0 Å². The Kier molecular flexibility index (Phi) is 4.42. The molecule has 0 aliphatic carbocycles. The number of benzene rings is 1. The maximum atomic E-state index is 11.7. The van der Waals surface area contributed by atoms with E-state index in [4.69, 9.17) is 0 Å². The number of rotatable bonds is 5. The number of amides is 1. The van der Waals surface area contributed by atoms with Gasteiger partial charge in [-0.3, -0.25) is 4.79 Å². The lowest BCUT2D eigenvalue weighted by molar-refractivity contribution is -0.114. The van der Waals surface area contributed by atoms with Gasteiger partial charge in [-0.15, -0.1) is 6.58 Å². The number of carbonyl (C=O) groups is 1. The molecule has 1 aromatic rings. The van der Waals surface area contributed by atoms with Crippen molar-refractivity contribution in [3.8, 4) is 0 Å². The molecule has 17 heavy (non-hydrogen) atoms. The highest BCUT2D eigenvalue weighted by Crippen LogP contribution is 2.13. The summed E-state index contributed by atoms with van der Waals surface area (Å²) in [7, 11) is -3.50. The summed E-state index contributed by atoms with van der Waals surface area (Å²) in [5.74, 6) is -0.203. The van der Waals surface area contributed by atoms with Gasteiger partial charge in [0.25, 0.3) is 0 Å². The minimum atomic E-state index is -3.50. The maximum absolute atomic E-state index is 11.7. The second-order valence-electron chi connectivity index (χ2n) is 3.35. The average molecular weight is 254 g/mol. The van der Waals surface area contributed by atoms with Crippen LogP contribution in [0.5, 0.6) is 0 Å². The first-order chi connectivity index (χ1) is 7.95. The summed E-state index contributed by atoms with van der Waals surface area (Å²) < 4.78 is 25.7. The third-order valence-corrected chi connectivity index (χ3v) is 3.34. The molecule has 0 radical (unpaired) electrons. The van der Waals surface area contributed by atoms with Gasteiger partial charge in [0.1, 0.15) is 0 Å². The van der Waals surface area contributed by atoms with Gasteiger partial charge >= 0.3 is 0 Å². The summed E-state index contributed by atoms with van der Waals surface area (Å²) in [5.41, 5.74) is 0.556. The van der Waals surface area contributed by atoms with Gasteiger partial charge in [-0.2, -0.15) is 0 Å². The van der Waals surface area contributed by atoms with Gasteiger partial charge in [-0.1, -0.05) is 6.08 Å². The van der Waals surface area contributed by atoms with Crippen molar-refractivity contribution < 1.29 is 13.2 Å². The van der Waals surface area contributed by atoms with Crippen LogP contribution in [0.3, 0.4) is 0 Å². The van der Waals surface area contributed by atoms with Crippen LogP contribution in [0.4, 0.5) is 5.69 Å². The lowest BCUT2D eigenvalue weighted by Gasteiger charge is -2.06. The van der Waals surface area contributed by atoms with Crippen molar-refractivity contribution in [1.29, 1.82) is 0 Å². The van der Waals surface area contributed by atoms with Crippen molar-refractivity contribution >= 4 is 21.6 Å². The van der Waals surface area contributed by atoms with E-state index in [1.54, 1.807) is 0 Å². The molecule has 0 bridgehead atoms. The first-order valence-electron chi connectivity index (χ1n) is 4.94. The number of hydrogen-bond donors (Lipinski definition) is 2. The summed E-state index contributed by atoms with van der Waals surface area (Å²) in [6.07, 6.45) is 1.46. The van der Waals surface area contributed by atoms with E-state index < -0.39 is 10.0 Å². The first-order valence-corrected chi connectivity index (χ1v) is 6.42. The molecule has 0 atom stereocenters. The molecule has 0 aromatic heterocycles. The monoisotopic (exact) mass is 254 g/mol. The minimum absolute atomic E-state index is 0.147. The van der Waals surface area contributed by atoms with Crippen LogP contribution >= 0.6 is 0 Å². The van der Waals surface area contributed by atoms with E-state index in [1.165, 1.54) is 37.3 Å². The standard InChI is InChI=1S/C11H14N2O3S/c1-3-8-12-17(15,16)11-6-4-10(5-7-11)13-9(2)14/h3-7,12H,1,8H2,2H3,(H,13,14). The average Bonchev–Trinajstić information content (AvgIpc) is 2.26. The van der Waals surface area contributed by atoms with Gasteiger partial charge in [-0.05, 0) is 24.3 Å². The highest BCUT2D eigenvalue weighted by Gasteiger charge is 2.12. The predicted octanol–water partition coefficient (Wildman–Crippen LogP) is 1.11. The Morgan fingerprint density at radius 1 is 1.35 bits per heavy atom. The van der Waals surface area contributed by atoms with Crippen LogP contribution in [0.2, 0.25) is 0 Å². The summed E-state index contributed by atoms with van der Waals surface area (Å²) in [4.78, 5) is 10.9. The Morgan fingerprint density at radius 2 is 1.94 bits per heavy atom. The van der Waals surface area contributed by atoms with Crippen molar-refractivity contribution in [2.75, 3.05) is 11.9 Å². The number of anilines is 1. The molecule has 0 spiro atoms. The number of nitrogens with one attached hydrogen (secondary N) is 2. The third kappa shape index (κ3) is 4.01. The summed E-state index contributed by atoms with van der Waals surface area (Å²) in [6.45, 7) is 4.99. The van der Waals surface area contributed by atoms with E-state index in [1.807, 2.05) is 0 Å². The minimum Gasteiger partial charge on any atom is -0.326 e. The molecule has 0 unspecified atom stereocenters. The predicted molar refractivity (Wildman–Crippen MR) is 66.1 cm³/mol. The third-order valence-electron chi connectivity index (χ3n) is 1.90. The molecule has 0 fully saturated rings. The van der Waals surface area contributed by atoms with E-state index in [9.17, 15) is 13.2 Å². The molecule has 1 aromatic carbocycles. The van der Waals surface area contributed by atoms with Crippen LogP contribution in [0, 0.1) is 0 Å². The Hall–Kier alpha value is -1.66. The van der Waals surface area contributed by atoms with E-state index >= 15 is 0 Å².